The number of rotatable bonds is 7. The van der Waals surface area contributed by atoms with Gasteiger partial charge in [-0.05, 0) is 25.1 Å². The van der Waals surface area contributed by atoms with Gasteiger partial charge in [-0.25, -0.2) is 4.79 Å². The topological polar surface area (TPSA) is 92.8 Å². The van der Waals surface area contributed by atoms with E-state index in [1.807, 2.05) is 0 Å². The molecule has 1 aromatic carbocycles. The number of hydrogen-bond acceptors (Lipinski definition) is 5. The van der Waals surface area contributed by atoms with Crippen LogP contribution in [0, 0.1) is 0 Å². The van der Waals surface area contributed by atoms with Crippen molar-refractivity contribution < 1.29 is 23.9 Å². The Labute approximate surface area is 144 Å². The highest BCUT2D eigenvalue weighted by Gasteiger charge is 2.35. The highest BCUT2D eigenvalue weighted by atomic mass is 16.5. The minimum absolute atomic E-state index is 0.0868. The Morgan fingerprint density at radius 1 is 1.20 bits per heavy atom. The van der Waals surface area contributed by atoms with Gasteiger partial charge in [0.1, 0.15) is 0 Å². The average Bonchev–Trinajstić information content (AvgIpc) is 2.84. The molecule has 0 spiro atoms. The van der Waals surface area contributed by atoms with Crippen LogP contribution in [0.5, 0.6) is 0 Å². The predicted octanol–water partition coefficient (Wildman–Crippen LogP) is 1.32. The standard InChI is InChI=1S/C18H18N2O5/c1-4-8-19-15(21)11(3)25-18(24)12-6-7-13-14(10-12)17(23)20(9-5-2)16(13)22/h4-7,10-11H,1-2,8-9H2,3H3,(H,19,21)/t11-/m0/s1. The summed E-state index contributed by atoms with van der Waals surface area (Å²) in [4.78, 5) is 49.3. The zero-order valence-electron chi connectivity index (χ0n) is 13.8. The van der Waals surface area contributed by atoms with E-state index in [-0.39, 0.29) is 29.8 Å². The van der Waals surface area contributed by atoms with Gasteiger partial charge < -0.3 is 10.1 Å². The van der Waals surface area contributed by atoms with E-state index in [1.165, 1.54) is 37.3 Å². The van der Waals surface area contributed by atoms with E-state index in [4.69, 9.17) is 4.74 Å². The lowest BCUT2D eigenvalue weighted by Gasteiger charge is -2.13. The molecule has 1 aromatic rings. The first kappa shape index (κ1) is 18.1. The number of ether oxygens (including phenoxy) is 1. The molecule has 1 heterocycles. The molecule has 0 bridgehead atoms. The van der Waals surface area contributed by atoms with Crippen LogP contribution in [-0.4, -0.2) is 47.8 Å². The first-order chi connectivity index (χ1) is 11.9. The zero-order valence-corrected chi connectivity index (χ0v) is 13.8. The van der Waals surface area contributed by atoms with Crippen molar-refractivity contribution in [1.82, 2.24) is 10.2 Å². The second-order valence-corrected chi connectivity index (χ2v) is 5.35. The molecular formula is C18H18N2O5. The Balaban J connectivity index is 2.15. The third-order valence-corrected chi connectivity index (χ3v) is 3.59. The molecule has 1 N–H and O–H groups in total. The van der Waals surface area contributed by atoms with Gasteiger partial charge in [0.2, 0.25) is 0 Å². The molecule has 7 nitrogen and oxygen atoms in total. The quantitative estimate of drug-likeness (QED) is 0.458. The van der Waals surface area contributed by atoms with Crippen LogP contribution in [0.2, 0.25) is 0 Å². The van der Waals surface area contributed by atoms with E-state index >= 15 is 0 Å². The van der Waals surface area contributed by atoms with Gasteiger partial charge in [0, 0.05) is 13.1 Å². The van der Waals surface area contributed by atoms with Gasteiger partial charge >= 0.3 is 5.97 Å². The lowest BCUT2D eigenvalue weighted by molar-refractivity contribution is -0.128. The fraction of sp³-hybridized carbons (Fsp3) is 0.222. The maximum atomic E-state index is 12.3. The van der Waals surface area contributed by atoms with Crippen molar-refractivity contribution in [3.8, 4) is 0 Å². The van der Waals surface area contributed by atoms with E-state index in [0.29, 0.717) is 0 Å². The molecule has 1 aliphatic rings. The average molecular weight is 342 g/mol. The van der Waals surface area contributed by atoms with Crippen LogP contribution >= 0.6 is 0 Å². The summed E-state index contributed by atoms with van der Waals surface area (Å²) in [7, 11) is 0. The molecule has 0 saturated carbocycles. The van der Waals surface area contributed by atoms with Gasteiger partial charge in [0.25, 0.3) is 17.7 Å². The van der Waals surface area contributed by atoms with Crippen LogP contribution < -0.4 is 5.32 Å². The molecule has 3 amide bonds. The fourth-order valence-corrected chi connectivity index (χ4v) is 2.31. The van der Waals surface area contributed by atoms with Crippen molar-refractivity contribution in [2.24, 2.45) is 0 Å². The highest BCUT2D eigenvalue weighted by Crippen LogP contribution is 2.24. The number of imide groups is 1. The summed E-state index contributed by atoms with van der Waals surface area (Å²) < 4.78 is 5.08. The van der Waals surface area contributed by atoms with Crippen molar-refractivity contribution in [3.05, 3.63) is 60.2 Å². The summed E-state index contributed by atoms with van der Waals surface area (Å²) >= 11 is 0. The number of amides is 3. The molecule has 0 radical (unpaired) electrons. The Morgan fingerprint density at radius 3 is 2.52 bits per heavy atom. The molecule has 1 atom stereocenters. The second-order valence-electron chi connectivity index (χ2n) is 5.35. The molecule has 1 aliphatic heterocycles. The van der Waals surface area contributed by atoms with Crippen molar-refractivity contribution in [2.75, 3.05) is 13.1 Å². The lowest BCUT2D eigenvalue weighted by Crippen LogP contribution is -2.35. The molecule has 7 heteroatoms. The second kappa shape index (κ2) is 7.57. The number of benzene rings is 1. The van der Waals surface area contributed by atoms with Crippen molar-refractivity contribution in [1.29, 1.82) is 0 Å². The molecular weight excluding hydrogens is 324 g/mol. The van der Waals surface area contributed by atoms with Gasteiger partial charge in [0.15, 0.2) is 6.10 Å². The number of esters is 1. The van der Waals surface area contributed by atoms with Crippen molar-refractivity contribution >= 4 is 23.7 Å². The molecule has 0 aliphatic carbocycles. The summed E-state index contributed by atoms with van der Waals surface area (Å²) in [6.45, 7) is 8.77. The van der Waals surface area contributed by atoms with Crippen LogP contribution in [0.15, 0.2) is 43.5 Å². The number of nitrogens with zero attached hydrogens (tertiary/aromatic N) is 1. The molecule has 25 heavy (non-hydrogen) atoms. The maximum Gasteiger partial charge on any atom is 0.338 e. The molecule has 0 unspecified atom stereocenters. The normalized spacial score (nSPS) is 13.9. The number of carbonyl (C=O) groups excluding carboxylic acids is 4. The number of carbonyl (C=O) groups is 4. The third-order valence-electron chi connectivity index (χ3n) is 3.59. The maximum absolute atomic E-state index is 12.3. The summed E-state index contributed by atoms with van der Waals surface area (Å²) in [5, 5.41) is 2.51. The fourth-order valence-electron chi connectivity index (χ4n) is 2.31. The molecule has 0 saturated heterocycles. The van der Waals surface area contributed by atoms with E-state index in [0.717, 1.165) is 4.90 Å². The zero-order chi connectivity index (χ0) is 18.6. The SMILES string of the molecule is C=CCNC(=O)[C@H](C)OC(=O)c1ccc2c(c1)C(=O)N(CC=C)C2=O. The number of hydrogen-bond donors (Lipinski definition) is 1. The van der Waals surface area contributed by atoms with Crippen LogP contribution in [0.4, 0.5) is 0 Å². The van der Waals surface area contributed by atoms with Crippen LogP contribution in [0.1, 0.15) is 38.0 Å². The minimum Gasteiger partial charge on any atom is -0.449 e. The van der Waals surface area contributed by atoms with Gasteiger partial charge in [-0.15, -0.1) is 13.2 Å². The Kier molecular flexibility index (Phi) is 5.49. The summed E-state index contributed by atoms with van der Waals surface area (Å²) in [6, 6.07) is 4.09. The summed E-state index contributed by atoms with van der Waals surface area (Å²) in [6.07, 6.45) is 1.95. The Hall–Kier alpha value is -3.22. The van der Waals surface area contributed by atoms with Crippen LogP contribution in [0.25, 0.3) is 0 Å². The molecule has 2 rings (SSSR count). The van der Waals surface area contributed by atoms with Gasteiger partial charge in [-0.3, -0.25) is 19.3 Å². The van der Waals surface area contributed by atoms with E-state index < -0.39 is 29.8 Å². The smallest absolute Gasteiger partial charge is 0.338 e. The monoisotopic (exact) mass is 342 g/mol. The van der Waals surface area contributed by atoms with Gasteiger partial charge in [-0.1, -0.05) is 12.2 Å². The van der Waals surface area contributed by atoms with E-state index in [1.54, 1.807) is 0 Å². The van der Waals surface area contributed by atoms with Crippen molar-refractivity contribution in [2.45, 2.75) is 13.0 Å². The summed E-state index contributed by atoms with van der Waals surface area (Å²) in [5.41, 5.74) is 0.439. The first-order valence-corrected chi connectivity index (χ1v) is 7.61. The van der Waals surface area contributed by atoms with Crippen molar-refractivity contribution in [3.63, 3.8) is 0 Å². The Bertz CT molecular complexity index is 769. The number of fused-ring (bicyclic) bond motifs is 1. The van der Waals surface area contributed by atoms with Gasteiger partial charge in [0.05, 0.1) is 16.7 Å². The predicted molar refractivity (Wildman–Crippen MR) is 90.1 cm³/mol. The van der Waals surface area contributed by atoms with Gasteiger partial charge in [-0.2, -0.15) is 0 Å². The minimum atomic E-state index is -1.00. The van der Waals surface area contributed by atoms with E-state index in [9.17, 15) is 19.2 Å². The number of nitrogens with one attached hydrogen (secondary N) is 1. The van der Waals surface area contributed by atoms with Crippen LogP contribution in [-0.2, 0) is 9.53 Å². The molecule has 130 valence electrons. The summed E-state index contributed by atoms with van der Waals surface area (Å²) in [5.74, 6) is -2.15. The highest BCUT2D eigenvalue weighted by molar-refractivity contribution is 6.22. The molecule has 0 fully saturated rings. The largest absolute Gasteiger partial charge is 0.449 e. The first-order valence-electron chi connectivity index (χ1n) is 7.61. The lowest BCUT2D eigenvalue weighted by atomic mass is 10.1. The third kappa shape index (κ3) is 3.65. The Morgan fingerprint density at radius 2 is 1.88 bits per heavy atom. The van der Waals surface area contributed by atoms with E-state index in [2.05, 4.69) is 18.5 Å². The van der Waals surface area contributed by atoms with Crippen LogP contribution in [0.3, 0.4) is 0 Å². The molecule has 0 aromatic heterocycles.